The molecule has 0 saturated heterocycles. The Labute approximate surface area is 416 Å². The molecule has 0 unspecified atom stereocenters. The number of halogens is 1. The highest BCUT2D eigenvalue weighted by atomic mass is 35.5. The predicted molar refractivity (Wildman–Crippen MR) is 289 cm³/mol. The van der Waals surface area contributed by atoms with Crippen LogP contribution in [0.5, 0.6) is 5.75 Å². The van der Waals surface area contributed by atoms with Crippen LogP contribution in [0, 0.1) is 70.3 Å². The summed E-state index contributed by atoms with van der Waals surface area (Å²) in [6, 6.07) is 42.5. The van der Waals surface area contributed by atoms with Gasteiger partial charge in [0.2, 0.25) is 6.04 Å². The fourth-order valence-electron chi connectivity index (χ4n) is 6.87. The topological polar surface area (TPSA) is 103 Å². The zero-order valence-corrected chi connectivity index (χ0v) is 40.0. The van der Waals surface area contributed by atoms with E-state index in [4.69, 9.17) is 26.7 Å². The number of rotatable bonds is 7. The summed E-state index contributed by atoms with van der Waals surface area (Å²) < 4.78 is 8.51. The molecule has 4 heterocycles. The molecule has 8 rings (SSSR count). The molecule has 8 nitrogen and oxygen atoms in total. The molecule has 0 saturated carbocycles. The van der Waals surface area contributed by atoms with Gasteiger partial charge < -0.3 is 19.7 Å². The molecule has 3 N–H and O–H groups in total. The number of hydrogen-bond donors (Lipinski definition) is 3. The number of benzene rings is 4. The van der Waals surface area contributed by atoms with Gasteiger partial charge in [0, 0.05) is 67.5 Å². The first-order chi connectivity index (χ1) is 32.9. The first-order valence-corrected chi connectivity index (χ1v) is 22.0. The van der Waals surface area contributed by atoms with Gasteiger partial charge in [0.15, 0.2) is 24.8 Å². The van der Waals surface area contributed by atoms with E-state index in [1.807, 2.05) is 80.0 Å². The third-order valence-corrected chi connectivity index (χ3v) is 10.9. The second-order valence-electron chi connectivity index (χ2n) is 15.5. The van der Waals surface area contributed by atoms with Crippen LogP contribution in [0.3, 0.4) is 0 Å². The second-order valence-corrected chi connectivity index (χ2v) is 15.9. The quantitative estimate of drug-likeness (QED) is 0.0836. The SMILES string of the molecule is CC#CC#CC#C[n+]1ccc(-c2ccc(-c3cc[n+](C)cc3C)cc2)c(C)c1.Cc1ccccc1Cl.Cc1cnccc1-c1ccc(-c2ccncc2C)cc1.O[B]Oc1ccc(B(O)O)cc1.[HH].[HH].[HH].[HH].[HH].[HH]. The van der Waals surface area contributed by atoms with Crippen molar-refractivity contribution in [2.75, 3.05) is 0 Å². The van der Waals surface area contributed by atoms with Gasteiger partial charge in [0.25, 0.3) is 0 Å². The lowest BCUT2D eigenvalue weighted by Gasteiger charge is -2.08. The van der Waals surface area contributed by atoms with Crippen LogP contribution in [0.25, 0.3) is 44.5 Å². The summed E-state index contributed by atoms with van der Waals surface area (Å²) in [5.74, 6) is 14.0. The summed E-state index contributed by atoms with van der Waals surface area (Å²) in [5, 5.41) is 26.5. The highest BCUT2D eigenvalue weighted by Crippen LogP contribution is 2.29. The fourth-order valence-corrected chi connectivity index (χ4v) is 7.00. The van der Waals surface area contributed by atoms with Gasteiger partial charge in [-0.15, -0.1) is 4.57 Å². The van der Waals surface area contributed by atoms with E-state index >= 15 is 0 Å². The Morgan fingerprint density at radius 2 is 1.06 bits per heavy atom. The van der Waals surface area contributed by atoms with Crippen molar-refractivity contribution < 1.29 is 37.4 Å². The van der Waals surface area contributed by atoms with E-state index in [1.165, 1.54) is 85.5 Å². The molecule has 0 aliphatic rings. The molecular formula is C57H64B2ClN4O4+2. The summed E-state index contributed by atoms with van der Waals surface area (Å²) in [4.78, 5) is 8.28. The second kappa shape index (κ2) is 26.4. The van der Waals surface area contributed by atoms with Crippen molar-refractivity contribution >= 4 is 31.9 Å². The first-order valence-electron chi connectivity index (χ1n) is 21.6. The van der Waals surface area contributed by atoms with E-state index in [0.717, 1.165) is 16.1 Å². The van der Waals surface area contributed by atoms with Crippen LogP contribution < -0.4 is 19.3 Å². The number of pyridine rings is 4. The molecule has 0 aliphatic carbocycles. The van der Waals surface area contributed by atoms with E-state index in [1.54, 1.807) is 6.92 Å². The average Bonchev–Trinajstić information content (AvgIpc) is 3.34. The van der Waals surface area contributed by atoms with Crippen LogP contribution in [0.1, 0.15) is 43.3 Å². The van der Waals surface area contributed by atoms with Crippen molar-refractivity contribution in [3.8, 4) is 85.9 Å². The van der Waals surface area contributed by atoms with Gasteiger partial charge in [-0.25, -0.2) is 4.57 Å². The maximum atomic E-state index is 8.70. The Kier molecular flexibility index (Phi) is 19.9. The van der Waals surface area contributed by atoms with Gasteiger partial charge in [-0.05, 0) is 150 Å². The molecule has 0 bridgehead atoms. The number of hydrogen-bond acceptors (Lipinski definition) is 6. The van der Waals surface area contributed by atoms with Crippen LogP contribution in [-0.4, -0.2) is 39.8 Å². The highest BCUT2D eigenvalue weighted by Gasteiger charge is 2.11. The molecule has 0 spiro atoms. The van der Waals surface area contributed by atoms with Crippen molar-refractivity contribution in [2.24, 2.45) is 7.05 Å². The molecule has 11 heteroatoms. The van der Waals surface area contributed by atoms with Crippen molar-refractivity contribution in [3.05, 3.63) is 204 Å². The molecule has 4 aromatic heterocycles. The van der Waals surface area contributed by atoms with Gasteiger partial charge in [-0.3, -0.25) is 9.97 Å². The zero-order chi connectivity index (χ0) is 48.8. The minimum absolute atomic E-state index is 0. The van der Waals surface area contributed by atoms with Crippen molar-refractivity contribution in [3.63, 3.8) is 0 Å². The van der Waals surface area contributed by atoms with Gasteiger partial charge in [-0.1, -0.05) is 96.4 Å². The molecule has 1 radical (unpaired) electrons. The third-order valence-electron chi connectivity index (χ3n) is 10.5. The summed E-state index contributed by atoms with van der Waals surface area (Å²) in [6.07, 6.45) is 15.7. The maximum absolute atomic E-state index is 8.70. The lowest BCUT2D eigenvalue weighted by Crippen LogP contribution is -2.29. The number of aryl methyl sites for hydroxylation is 6. The summed E-state index contributed by atoms with van der Waals surface area (Å²) in [7, 11) is 1.13. The molecule has 0 atom stereocenters. The molecule has 8 aromatic rings. The van der Waals surface area contributed by atoms with Gasteiger partial charge >= 0.3 is 14.8 Å². The van der Waals surface area contributed by atoms with Crippen LogP contribution in [-0.2, 0) is 7.05 Å². The molecule has 347 valence electrons. The lowest BCUT2D eigenvalue weighted by atomic mass is 9.80. The molecule has 68 heavy (non-hydrogen) atoms. The van der Waals surface area contributed by atoms with Gasteiger partial charge in [0.1, 0.15) is 7.05 Å². The zero-order valence-electron chi connectivity index (χ0n) is 39.2. The minimum atomic E-state index is -1.47. The Hall–Kier alpha value is -7.74. The Balaban J connectivity index is 0. The van der Waals surface area contributed by atoms with Crippen molar-refractivity contribution in [2.45, 2.75) is 41.5 Å². The standard InChI is InChI=1S/C26H22N2.C18H16N2.C7H7Cl.C6H7B2O4.6H2/c1-5-6-7-8-9-16-28-18-15-26(22(3)20-28)24-12-10-23(11-13-24)25-14-17-27(4)19-21(25)2;1-13-11-19-9-7-17(13)15-3-5-16(6-4-15)18-8-10-20-12-14(18)2;1-6-4-2-3-5-7(6)8;9-7-12-6-3-1-5(2-4-6)8(10)11;;;;;;/h10-15,17-20H,1-4H3;3-12H,1-2H3;2-5H,1H3;1-4,9-11H;6*1H/q+2;;;;;;;;;. The van der Waals surface area contributed by atoms with E-state index in [9.17, 15) is 0 Å². The third kappa shape index (κ3) is 15.4. The average molecular weight is 926 g/mol. The summed E-state index contributed by atoms with van der Waals surface area (Å²) in [5.41, 5.74) is 16.1. The van der Waals surface area contributed by atoms with Crippen molar-refractivity contribution in [1.82, 2.24) is 9.97 Å². The smallest absolute Gasteiger partial charge is 0.537 e. The van der Waals surface area contributed by atoms with Crippen molar-refractivity contribution in [1.29, 1.82) is 0 Å². The van der Waals surface area contributed by atoms with E-state index in [-0.39, 0.29) is 8.56 Å². The first kappa shape index (κ1) is 51.2. The van der Waals surface area contributed by atoms with Crippen LogP contribution in [0.2, 0.25) is 5.02 Å². The maximum Gasteiger partial charge on any atom is 0.569 e. The Morgan fingerprint density at radius 3 is 1.49 bits per heavy atom. The lowest BCUT2D eigenvalue weighted by molar-refractivity contribution is -0.671. The Morgan fingerprint density at radius 1 is 0.574 bits per heavy atom. The van der Waals surface area contributed by atoms with Crippen LogP contribution in [0.4, 0.5) is 0 Å². The normalized spacial score (nSPS) is 9.63. The summed E-state index contributed by atoms with van der Waals surface area (Å²) >= 11 is 5.71. The van der Waals surface area contributed by atoms with E-state index in [2.05, 4.69) is 168 Å². The Bertz CT molecular complexity index is 3060. The minimum Gasteiger partial charge on any atom is -0.537 e. The van der Waals surface area contributed by atoms with Gasteiger partial charge in [0.05, 0.1) is 11.7 Å². The monoisotopic (exact) mass is 925 g/mol. The van der Waals surface area contributed by atoms with Gasteiger partial charge in [-0.2, -0.15) is 0 Å². The molecule has 0 aliphatic heterocycles. The largest absolute Gasteiger partial charge is 0.569 e. The van der Waals surface area contributed by atoms with E-state index < -0.39 is 7.12 Å². The molecule has 0 fully saturated rings. The highest BCUT2D eigenvalue weighted by molar-refractivity contribution is 6.58. The molecule has 4 aromatic carbocycles. The van der Waals surface area contributed by atoms with Crippen LogP contribution >= 0.6 is 11.6 Å². The summed E-state index contributed by atoms with van der Waals surface area (Å²) in [6.45, 7) is 12.2. The van der Waals surface area contributed by atoms with Crippen LogP contribution in [0.15, 0.2) is 171 Å². The number of aromatic nitrogens is 4. The van der Waals surface area contributed by atoms with E-state index in [0.29, 0.717) is 18.9 Å². The fraction of sp³-hybridized carbons (Fsp3) is 0.123. The molecular weight excluding hydrogens is 862 g/mol. The predicted octanol–water partition coefficient (Wildman–Crippen LogP) is 10.4. The number of nitrogens with zero attached hydrogens (tertiary/aromatic N) is 4. The molecule has 0 amide bonds.